The molecule has 0 bridgehead atoms. The summed E-state index contributed by atoms with van der Waals surface area (Å²) < 4.78 is 17.2. The van der Waals surface area contributed by atoms with Gasteiger partial charge in [0, 0.05) is 0 Å². The van der Waals surface area contributed by atoms with Crippen LogP contribution in [0.1, 0.15) is 0 Å². The molecule has 1 N–H and O–H groups in total. The van der Waals surface area contributed by atoms with Crippen molar-refractivity contribution in [2.45, 2.75) is 0 Å². The number of aromatic nitrogens is 3. The molecule has 66 valence electrons. The van der Waals surface area contributed by atoms with E-state index in [4.69, 9.17) is 0 Å². The summed E-state index contributed by atoms with van der Waals surface area (Å²) in [6, 6.07) is 4.13. The highest BCUT2D eigenvalue weighted by atomic mass is 19.1. The van der Waals surface area contributed by atoms with Crippen LogP contribution < -0.4 is 5.76 Å². The van der Waals surface area contributed by atoms with Gasteiger partial charge in [0.25, 0.3) is 5.89 Å². The predicted molar refractivity (Wildman–Crippen MR) is 40.3 cm³/mol. The third-order valence-electron chi connectivity index (χ3n) is 1.37. The van der Waals surface area contributed by atoms with Crippen molar-refractivity contribution in [3.63, 3.8) is 0 Å². The normalized spacial score (nSPS) is 10.2. The molecule has 13 heavy (non-hydrogen) atoms. The maximum atomic E-state index is 12.6. The Morgan fingerprint density at radius 3 is 2.92 bits per heavy atom. The molecule has 0 fully saturated rings. The maximum Gasteiger partial charge on any atom is 0.434 e. The number of hydrogen-bond donors (Lipinski definition) is 1. The van der Waals surface area contributed by atoms with Gasteiger partial charge in [-0.25, -0.2) is 14.9 Å². The maximum absolute atomic E-state index is 12.6. The minimum atomic E-state index is -0.693. The summed E-state index contributed by atoms with van der Waals surface area (Å²) in [5.74, 6) is -1.37. The second-order valence-electron chi connectivity index (χ2n) is 2.26. The standard InChI is InChI=1S/C7H4FN3O2/c8-5-3-1-2-4(9-5)6-10-11-7(12)13-6/h1-3H,(H,11,12). The monoisotopic (exact) mass is 181 g/mol. The predicted octanol–water partition coefficient (Wildman–Crippen LogP) is 0.564. The van der Waals surface area contributed by atoms with Gasteiger partial charge in [-0.05, 0) is 12.1 Å². The van der Waals surface area contributed by atoms with Crippen molar-refractivity contribution in [1.29, 1.82) is 0 Å². The Kier molecular flexibility index (Phi) is 1.66. The molecule has 6 heteroatoms. The van der Waals surface area contributed by atoms with Crippen LogP contribution in [-0.4, -0.2) is 15.2 Å². The molecule has 0 unspecified atom stereocenters. The molecular weight excluding hydrogens is 177 g/mol. The first-order chi connectivity index (χ1) is 6.25. The molecule has 0 radical (unpaired) electrons. The van der Waals surface area contributed by atoms with Gasteiger partial charge in [0.05, 0.1) is 0 Å². The van der Waals surface area contributed by atoms with Crippen LogP contribution in [0.15, 0.2) is 27.4 Å². The Morgan fingerprint density at radius 2 is 2.31 bits per heavy atom. The zero-order valence-electron chi connectivity index (χ0n) is 6.32. The van der Waals surface area contributed by atoms with Crippen LogP contribution in [0.5, 0.6) is 0 Å². The molecule has 5 nitrogen and oxygen atoms in total. The molecule has 0 saturated heterocycles. The molecule has 2 aromatic heterocycles. The van der Waals surface area contributed by atoms with Crippen molar-refractivity contribution in [2.75, 3.05) is 0 Å². The molecule has 0 amide bonds. The highest BCUT2D eigenvalue weighted by molar-refractivity contribution is 5.44. The van der Waals surface area contributed by atoms with E-state index in [1.165, 1.54) is 18.2 Å². The largest absolute Gasteiger partial charge is 0.434 e. The first-order valence-electron chi connectivity index (χ1n) is 3.44. The molecule has 2 rings (SSSR count). The lowest BCUT2D eigenvalue weighted by atomic mass is 10.3. The van der Waals surface area contributed by atoms with Crippen LogP contribution in [0.2, 0.25) is 0 Å². The summed E-state index contributed by atoms with van der Waals surface area (Å²) in [6.07, 6.45) is 0. The highest BCUT2D eigenvalue weighted by Gasteiger charge is 2.06. The van der Waals surface area contributed by atoms with E-state index in [9.17, 15) is 9.18 Å². The van der Waals surface area contributed by atoms with Gasteiger partial charge in [-0.1, -0.05) is 6.07 Å². The molecular formula is C7H4FN3O2. The summed E-state index contributed by atoms with van der Waals surface area (Å²) >= 11 is 0. The number of aromatic amines is 1. The van der Waals surface area contributed by atoms with Crippen molar-refractivity contribution < 1.29 is 8.81 Å². The summed E-state index contributed by atoms with van der Waals surface area (Å²) in [5, 5.41) is 5.55. The van der Waals surface area contributed by atoms with Crippen LogP contribution >= 0.6 is 0 Å². The van der Waals surface area contributed by atoms with E-state index < -0.39 is 11.7 Å². The minimum Gasteiger partial charge on any atom is -0.386 e. The van der Waals surface area contributed by atoms with E-state index in [0.717, 1.165) is 0 Å². The Morgan fingerprint density at radius 1 is 1.46 bits per heavy atom. The van der Waals surface area contributed by atoms with Gasteiger partial charge in [0.15, 0.2) is 0 Å². The fourth-order valence-electron chi connectivity index (χ4n) is 0.867. The number of halogens is 1. The molecule has 0 atom stereocenters. The molecule has 0 spiro atoms. The molecule has 0 aliphatic carbocycles. The van der Waals surface area contributed by atoms with Crippen molar-refractivity contribution in [3.05, 3.63) is 34.7 Å². The number of H-pyrrole nitrogens is 1. The van der Waals surface area contributed by atoms with Crippen LogP contribution in [0.4, 0.5) is 4.39 Å². The SMILES string of the molecule is O=c1[nH]nc(-c2cccc(F)n2)o1. The highest BCUT2D eigenvalue weighted by Crippen LogP contribution is 2.10. The number of hydrogen-bond acceptors (Lipinski definition) is 4. The van der Waals surface area contributed by atoms with Crippen molar-refractivity contribution in [2.24, 2.45) is 0 Å². The molecule has 0 aliphatic heterocycles. The van der Waals surface area contributed by atoms with Gasteiger partial charge < -0.3 is 4.42 Å². The topological polar surface area (TPSA) is 71.8 Å². The lowest BCUT2D eigenvalue weighted by Gasteiger charge is -1.91. The van der Waals surface area contributed by atoms with E-state index in [0.29, 0.717) is 0 Å². The van der Waals surface area contributed by atoms with Crippen molar-refractivity contribution in [3.8, 4) is 11.6 Å². The van der Waals surface area contributed by atoms with Gasteiger partial charge in [-0.2, -0.15) is 4.39 Å². The quantitative estimate of drug-likeness (QED) is 0.652. The van der Waals surface area contributed by atoms with E-state index in [1.54, 1.807) is 0 Å². The fraction of sp³-hybridized carbons (Fsp3) is 0. The van der Waals surface area contributed by atoms with Gasteiger partial charge in [0.1, 0.15) is 5.69 Å². The van der Waals surface area contributed by atoms with Gasteiger partial charge in [-0.15, -0.1) is 5.10 Å². The average molecular weight is 181 g/mol. The van der Waals surface area contributed by atoms with Crippen molar-refractivity contribution in [1.82, 2.24) is 15.2 Å². The van der Waals surface area contributed by atoms with E-state index in [2.05, 4.69) is 19.6 Å². The molecule has 2 aromatic rings. The Labute approximate surface area is 71.2 Å². The summed E-state index contributed by atoms with van der Waals surface area (Å²) in [7, 11) is 0. The van der Waals surface area contributed by atoms with Crippen LogP contribution in [0.3, 0.4) is 0 Å². The Bertz CT molecular complexity index is 476. The number of rotatable bonds is 1. The zero-order valence-corrected chi connectivity index (χ0v) is 6.32. The van der Waals surface area contributed by atoms with E-state index in [-0.39, 0.29) is 11.6 Å². The fourth-order valence-corrected chi connectivity index (χ4v) is 0.867. The Hall–Kier alpha value is -1.98. The summed E-state index contributed by atoms with van der Waals surface area (Å²) in [5.41, 5.74) is 0.179. The number of nitrogens with one attached hydrogen (secondary N) is 1. The van der Waals surface area contributed by atoms with Gasteiger partial charge >= 0.3 is 5.76 Å². The first kappa shape index (κ1) is 7.66. The molecule has 2 heterocycles. The minimum absolute atomic E-state index is 0.0236. The second-order valence-corrected chi connectivity index (χ2v) is 2.26. The summed E-state index contributed by atoms with van der Waals surface area (Å²) in [4.78, 5) is 14.0. The van der Waals surface area contributed by atoms with E-state index >= 15 is 0 Å². The third-order valence-corrected chi connectivity index (χ3v) is 1.37. The van der Waals surface area contributed by atoms with Crippen molar-refractivity contribution >= 4 is 0 Å². The first-order valence-corrected chi connectivity index (χ1v) is 3.44. The van der Waals surface area contributed by atoms with Gasteiger partial charge in [0.2, 0.25) is 5.95 Å². The Balaban J connectivity index is 2.52. The number of pyridine rings is 1. The zero-order chi connectivity index (χ0) is 9.26. The molecule has 0 aromatic carbocycles. The molecule has 0 saturated carbocycles. The molecule has 0 aliphatic rings. The third kappa shape index (κ3) is 1.46. The van der Waals surface area contributed by atoms with Crippen LogP contribution in [0, 0.1) is 5.95 Å². The van der Waals surface area contributed by atoms with Crippen LogP contribution in [0.25, 0.3) is 11.6 Å². The lowest BCUT2D eigenvalue weighted by molar-refractivity contribution is 0.521. The smallest absolute Gasteiger partial charge is 0.386 e. The summed E-state index contributed by atoms with van der Waals surface area (Å²) in [6.45, 7) is 0. The lowest BCUT2D eigenvalue weighted by Crippen LogP contribution is -1.93. The van der Waals surface area contributed by atoms with E-state index in [1.807, 2.05) is 0 Å². The van der Waals surface area contributed by atoms with Gasteiger partial charge in [-0.3, -0.25) is 0 Å². The van der Waals surface area contributed by atoms with Crippen LogP contribution in [-0.2, 0) is 0 Å². The number of nitrogens with zero attached hydrogens (tertiary/aromatic N) is 2. The average Bonchev–Trinajstić information content (AvgIpc) is 2.52. The second kappa shape index (κ2) is 2.81.